The largest absolute Gasteiger partial charge is 0.416 e. The molecule has 3 rings (SSSR count). The number of halogens is 3. The number of nitrogens with zero attached hydrogens (tertiary/aromatic N) is 1. The molecule has 1 heterocycles. The molecule has 1 aromatic carbocycles. The van der Waals surface area contributed by atoms with E-state index in [0.717, 1.165) is 31.2 Å². The molecule has 0 spiro atoms. The second kappa shape index (κ2) is 5.44. The monoisotopic (exact) mass is 306 g/mol. The zero-order chi connectivity index (χ0) is 15.7. The molecule has 0 atom stereocenters. The zero-order valence-corrected chi connectivity index (χ0v) is 11.5. The molecular weight excluding hydrogens is 293 g/mol. The first-order valence-electron chi connectivity index (χ1n) is 6.88. The fourth-order valence-corrected chi connectivity index (χ4v) is 2.05. The molecule has 0 saturated heterocycles. The van der Waals surface area contributed by atoms with Gasteiger partial charge in [-0.3, -0.25) is 9.78 Å². The third kappa shape index (κ3) is 3.27. The van der Waals surface area contributed by atoms with Crippen molar-refractivity contribution in [2.45, 2.75) is 25.1 Å². The van der Waals surface area contributed by atoms with E-state index >= 15 is 0 Å². The summed E-state index contributed by atoms with van der Waals surface area (Å²) in [4.78, 5) is 15.8. The van der Waals surface area contributed by atoms with Crippen molar-refractivity contribution >= 4 is 5.91 Å². The Morgan fingerprint density at radius 1 is 1.14 bits per heavy atom. The number of amides is 1. The van der Waals surface area contributed by atoms with E-state index in [-0.39, 0.29) is 17.6 Å². The standard InChI is InChI=1S/C16H13F3N2O/c17-16(18,19)12-7-8-20-14(9-12)10-1-3-11(4-2-10)15(22)21-13-5-6-13/h1-4,7-9,13H,5-6H2,(H,21,22). The lowest BCUT2D eigenvalue weighted by molar-refractivity contribution is -0.137. The quantitative estimate of drug-likeness (QED) is 0.940. The van der Waals surface area contributed by atoms with E-state index < -0.39 is 11.7 Å². The Hall–Kier alpha value is -2.37. The molecule has 1 saturated carbocycles. The summed E-state index contributed by atoms with van der Waals surface area (Å²) in [6, 6.07) is 8.58. The average molecular weight is 306 g/mol. The normalized spacial score (nSPS) is 14.7. The van der Waals surface area contributed by atoms with Crippen LogP contribution in [0.25, 0.3) is 11.3 Å². The summed E-state index contributed by atoms with van der Waals surface area (Å²) in [5, 5.41) is 2.86. The highest BCUT2D eigenvalue weighted by Gasteiger charge is 2.30. The molecule has 1 aliphatic carbocycles. The number of alkyl halides is 3. The molecule has 1 fully saturated rings. The van der Waals surface area contributed by atoms with E-state index in [1.54, 1.807) is 24.3 Å². The Morgan fingerprint density at radius 2 is 1.82 bits per heavy atom. The Bertz CT molecular complexity index is 691. The fraction of sp³-hybridized carbons (Fsp3) is 0.250. The minimum absolute atomic E-state index is 0.161. The third-order valence-electron chi connectivity index (χ3n) is 3.44. The van der Waals surface area contributed by atoms with Crippen LogP contribution in [0.3, 0.4) is 0 Å². The van der Waals surface area contributed by atoms with Gasteiger partial charge in [0.05, 0.1) is 11.3 Å². The highest BCUT2D eigenvalue weighted by atomic mass is 19.4. The molecule has 0 radical (unpaired) electrons. The number of aromatic nitrogens is 1. The molecule has 1 aromatic heterocycles. The predicted molar refractivity (Wildman–Crippen MR) is 75.2 cm³/mol. The van der Waals surface area contributed by atoms with Gasteiger partial charge in [0.25, 0.3) is 5.91 Å². The number of nitrogens with one attached hydrogen (secondary N) is 1. The van der Waals surface area contributed by atoms with E-state index in [2.05, 4.69) is 10.3 Å². The predicted octanol–water partition coefficient (Wildman–Crippen LogP) is 3.66. The third-order valence-corrected chi connectivity index (χ3v) is 3.44. The Kier molecular flexibility index (Phi) is 3.60. The van der Waals surface area contributed by atoms with Crippen LogP contribution in [0.1, 0.15) is 28.8 Å². The minimum atomic E-state index is -4.40. The van der Waals surface area contributed by atoms with Gasteiger partial charge in [0.2, 0.25) is 0 Å². The van der Waals surface area contributed by atoms with Crippen LogP contribution in [0.2, 0.25) is 0 Å². The van der Waals surface area contributed by atoms with Crippen molar-refractivity contribution in [3.05, 3.63) is 53.7 Å². The van der Waals surface area contributed by atoms with Gasteiger partial charge < -0.3 is 5.32 Å². The van der Waals surface area contributed by atoms with E-state index in [4.69, 9.17) is 0 Å². The Morgan fingerprint density at radius 3 is 2.41 bits per heavy atom. The summed E-state index contributed by atoms with van der Waals surface area (Å²) in [6.07, 6.45) is -1.27. The maximum atomic E-state index is 12.7. The number of carbonyl (C=O) groups is 1. The lowest BCUT2D eigenvalue weighted by atomic mass is 10.1. The molecule has 22 heavy (non-hydrogen) atoms. The van der Waals surface area contributed by atoms with Crippen LogP contribution in [0.4, 0.5) is 13.2 Å². The molecule has 3 nitrogen and oxygen atoms in total. The van der Waals surface area contributed by atoms with Crippen LogP contribution < -0.4 is 5.32 Å². The van der Waals surface area contributed by atoms with E-state index in [1.807, 2.05) is 0 Å². The van der Waals surface area contributed by atoms with Crippen LogP contribution in [0.5, 0.6) is 0 Å². The van der Waals surface area contributed by atoms with Gasteiger partial charge in [-0.25, -0.2) is 0 Å². The summed E-state index contributed by atoms with van der Waals surface area (Å²) in [5.74, 6) is -0.161. The van der Waals surface area contributed by atoms with Gasteiger partial charge in [0.15, 0.2) is 0 Å². The fourth-order valence-electron chi connectivity index (χ4n) is 2.05. The molecule has 1 N–H and O–H groups in total. The van der Waals surface area contributed by atoms with Gasteiger partial charge in [-0.15, -0.1) is 0 Å². The van der Waals surface area contributed by atoms with Crippen molar-refractivity contribution in [2.24, 2.45) is 0 Å². The second-order valence-electron chi connectivity index (χ2n) is 5.25. The lowest BCUT2D eigenvalue weighted by Gasteiger charge is -2.09. The molecule has 1 aliphatic rings. The first-order valence-corrected chi connectivity index (χ1v) is 6.88. The number of hydrogen-bond acceptors (Lipinski definition) is 2. The Balaban J connectivity index is 1.81. The molecule has 1 amide bonds. The van der Waals surface area contributed by atoms with Gasteiger partial charge in [0, 0.05) is 23.4 Å². The van der Waals surface area contributed by atoms with Crippen molar-refractivity contribution < 1.29 is 18.0 Å². The van der Waals surface area contributed by atoms with Crippen molar-refractivity contribution in [3.63, 3.8) is 0 Å². The van der Waals surface area contributed by atoms with Crippen LogP contribution in [-0.2, 0) is 6.18 Å². The number of pyridine rings is 1. The van der Waals surface area contributed by atoms with Crippen LogP contribution in [0.15, 0.2) is 42.6 Å². The molecular formula is C16H13F3N2O. The first kappa shape index (κ1) is 14.6. The molecule has 6 heteroatoms. The van der Waals surface area contributed by atoms with E-state index in [0.29, 0.717) is 11.1 Å². The van der Waals surface area contributed by atoms with Gasteiger partial charge in [0.1, 0.15) is 0 Å². The number of rotatable bonds is 3. The molecule has 0 unspecified atom stereocenters. The smallest absolute Gasteiger partial charge is 0.349 e. The lowest BCUT2D eigenvalue weighted by Crippen LogP contribution is -2.25. The van der Waals surface area contributed by atoms with Gasteiger partial charge in [-0.1, -0.05) is 12.1 Å². The highest BCUT2D eigenvalue weighted by molar-refractivity contribution is 5.95. The van der Waals surface area contributed by atoms with E-state index in [9.17, 15) is 18.0 Å². The molecule has 114 valence electrons. The summed E-state index contributed by atoms with van der Waals surface area (Å²) in [7, 11) is 0. The van der Waals surface area contributed by atoms with Crippen LogP contribution in [-0.4, -0.2) is 16.9 Å². The van der Waals surface area contributed by atoms with Crippen LogP contribution in [0, 0.1) is 0 Å². The topological polar surface area (TPSA) is 42.0 Å². The Labute approximate surface area is 125 Å². The summed E-state index contributed by atoms with van der Waals surface area (Å²) < 4.78 is 38.1. The average Bonchev–Trinajstić information content (AvgIpc) is 3.31. The highest BCUT2D eigenvalue weighted by Crippen LogP contribution is 2.31. The first-order chi connectivity index (χ1) is 10.4. The summed E-state index contributed by atoms with van der Waals surface area (Å²) in [6.45, 7) is 0. The second-order valence-corrected chi connectivity index (χ2v) is 5.25. The van der Waals surface area contributed by atoms with E-state index in [1.165, 1.54) is 0 Å². The molecule has 0 bridgehead atoms. The van der Waals surface area contributed by atoms with Crippen molar-refractivity contribution in [3.8, 4) is 11.3 Å². The number of carbonyl (C=O) groups excluding carboxylic acids is 1. The molecule has 2 aromatic rings. The van der Waals surface area contributed by atoms with Crippen LogP contribution >= 0.6 is 0 Å². The summed E-state index contributed by atoms with van der Waals surface area (Å²) >= 11 is 0. The number of hydrogen-bond donors (Lipinski definition) is 1. The van der Waals surface area contributed by atoms with Gasteiger partial charge in [-0.2, -0.15) is 13.2 Å². The van der Waals surface area contributed by atoms with Crippen molar-refractivity contribution in [1.82, 2.24) is 10.3 Å². The van der Waals surface area contributed by atoms with Gasteiger partial charge >= 0.3 is 6.18 Å². The maximum Gasteiger partial charge on any atom is 0.416 e. The number of benzene rings is 1. The maximum absolute atomic E-state index is 12.7. The SMILES string of the molecule is O=C(NC1CC1)c1ccc(-c2cc(C(F)(F)F)ccn2)cc1. The van der Waals surface area contributed by atoms with Gasteiger partial charge in [-0.05, 0) is 37.1 Å². The molecule has 0 aliphatic heterocycles. The summed E-state index contributed by atoms with van der Waals surface area (Å²) in [5.41, 5.74) is 0.508. The zero-order valence-electron chi connectivity index (χ0n) is 11.5. The van der Waals surface area contributed by atoms with Crippen molar-refractivity contribution in [1.29, 1.82) is 0 Å². The van der Waals surface area contributed by atoms with Crippen molar-refractivity contribution in [2.75, 3.05) is 0 Å². The minimum Gasteiger partial charge on any atom is -0.349 e.